The van der Waals surface area contributed by atoms with Crippen LogP contribution in [0.25, 0.3) is 5.57 Å². The maximum Gasteiger partial charge on any atom is 0.417 e. The summed E-state index contributed by atoms with van der Waals surface area (Å²) < 4.78 is 37.9. The summed E-state index contributed by atoms with van der Waals surface area (Å²) in [5.41, 5.74) is 4.14. The van der Waals surface area contributed by atoms with Crippen LogP contribution in [0.3, 0.4) is 0 Å². The minimum atomic E-state index is -4.49. The standard InChI is InChI=1S/C21H19ClF3N5O3.C2H6/c22-16-7-13(17-8-15(11-31)33-29-17)9-27-19(16)12-3-5-30(6-4-12)20(32)28-18-2-1-14(10-26-18)21(23,24)25;1-2/h1-3,7-10,17,29,31H,4-6,11H2,(H,26,28,32);1-2H3. The van der Waals surface area contributed by atoms with Crippen LogP contribution in [0.15, 0.2) is 48.5 Å². The molecule has 0 fully saturated rings. The summed E-state index contributed by atoms with van der Waals surface area (Å²) in [5.74, 6) is 0.450. The zero-order valence-corrected chi connectivity index (χ0v) is 19.8. The molecule has 1 atom stereocenters. The van der Waals surface area contributed by atoms with Gasteiger partial charge in [0, 0.05) is 25.5 Å². The fraction of sp³-hybridized carbons (Fsp3) is 0.348. The van der Waals surface area contributed by atoms with E-state index in [2.05, 4.69) is 20.8 Å². The van der Waals surface area contributed by atoms with Crippen molar-refractivity contribution in [3.63, 3.8) is 0 Å². The van der Waals surface area contributed by atoms with E-state index in [0.29, 0.717) is 35.6 Å². The van der Waals surface area contributed by atoms with Crippen LogP contribution in [-0.2, 0) is 11.0 Å². The Morgan fingerprint density at radius 1 is 1.31 bits per heavy atom. The van der Waals surface area contributed by atoms with Crippen molar-refractivity contribution in [3.05, 3.63) is 70.3 Å². The van der Waals surface area contributed by atoms with Gasteiger partial charge in [-0.1, -0.05) is 31.5 Å². The van der Waals surface area contributed by atoms with Crippen LogP contribution in [0.5, 0.6) is 0 Å². The Morgan fingerprint density at radius 3 is 2.63 bits per heavy atom. The molecule has 12 heteroatoms. The van der Waals surface area contributed by atoms with Gasteiger partial charge < -0.3 is 14.8 Å². The van der Waals surface area contributed by atoms with Crippen molar-refractivity contribution in [2.75, 3.05) is 25.0 Å². The summed E-state index contributed by atoms with van der Waals surface area (Å²) in [6.07, 6.45) is 1.91. The van der Waals surface area contributed by atoms with E-state index in [1.54, 1.807) is 18.3 Å². The van der Waals surface area contributed by atoms with Crippen LogP contribution in [-0.4, -0.2) is 45.7 Å². The Morgan fingerprint density at radius 2 is 2.09 bits per heavy atom. The molecule has 2 aromatic heterocycles. The number of nitrogens with zero attached hydrogens (tertiary/aromatic N) is 3. The smallest absolute Gasteiger partial charge is 0.410 e. The molecule has 2 aliphatic rings. The van der Waals surface area contributed by atoms with Crippen LogP contribution in [0, 0.1) is 0 Å². The number of pyridine rings is 2. The number of urea groups is 1. The maximum absolute atomic E-state index is 12.6. The molecule has 2 aromatic rings. The first kappa shape index (κ1) is 26.5. The molecular formula is C23H25ClF3N5O3. The third-order valence-corrected chi connectivity index (χ3v) is 5.46. The largest absolute Gasteiger partial charge is 0.417 e. The molecule has 3 N–H and O–H groups in total. The molecule has 1 unspecified atom stereocenters. The number of hydrogen-bond acceptors (Lipinski definition) is 6. The van der Waals surface area contributed by atoms with Crippen LogP contribution < -0.4 is 10.8 Å². The van der Waals surface area contributed by atoms with Crippen molar-refractivity contribution in [2.45, 2.75) is 32.5 Å². The number of hydrogen-bond donors (Lipinski definition) is 3. The summed E-state index contributed by atoms with van der Waals surface area (Å²) in [6, 6.07) is 3.00. The average molecular weight is 512 g/mol. The van der Waals surface area contributed by atoms with Crippen molar-refractivity contribution in [1.29, 1.82) is 0 Å². The second kappa shape index (κ2) is 11.5. The van der Waals surface area contributed by atoms with Gasteiger partial charge in [-0.15, -0.1) is 5.48 Å². The molecule has 188 valence electrons. The highest BCUT2D eigenvalue weighted by Crippen LogP contribution is 2.31. The second-order valence-corrected chi connectivity index (χ2v) is 7.78. The fourth-order valence-corrected chi connectivity index (χ4v) is 3.69. The van der Waals surface area contributed by atoms with Gasteiger partial charge in [0.2, 0.25) is 0 Å². The molecule has 0 spiro atoms. The number of anilines is 1. The SMILES string of the molecule is CC.O=C(Nc1ccc(C(F)(F)F)cn1)N1CC=C(c2ncc(C3C=C(CO)ON3)cc2Cl)CC1. The average Bonchev–Trinajstić information content (AvgIpc) is 3.35. The number of carbonyl (C=O) groups excluding carboxylic acids is 1. The normalized spacial score (nSPS) is 17.6. The monoisotopic (exact) mass is 511 g/mol. The summed E-state index contributed by atoms with van der Waals surface area (Å²) in [6.45, 7) is 4.44. The van der Waals surface area contributed by atoms with Crippen molar-refractivity contribution in [1.82, 2.24) is 20.3 Å². The van der Waals surface area contributed by atoms with Gasteiger partial charge in [0.25, 0.3) is 0 Å². The first-order chi connectivity index (χ1) is 16.7. The van der Waals surface area contributed by atoms with E-state index in [1.165, 1.54) is 4.90 Å². The molecule has 0 bridgehead atoms. The van der Waals surface area contributed by atoms with Gasteiger partial charge in [-0.05, 0) is 41.8 Å². The summed E-state index contributed by atoms with van der Waals surface area (Å²) in [4.78, 5) is 27.2. The Bertz CT molecular complexity index is 1110. The maximum atomic E-state index is 12.6. The molecular weight excluding hydrogens is 487 g/mol. The molecule has 2 aliphatic heterocycles. The van der Waals surface area contributed by atoms with Gasteiger partial charge in [0.05, 0.1) is 22.3 Å². The van der Waals surface area contributed by atoms with Gasteiger partial charge in [-0.2, -0.15) is 13.2 Å². The Balaban J connectivity index is 0.00000167. The van der Waals surface area contributed by atoms with E-state index in [-0.39, 0.29) is 25.0 Å². The molecule has 2 amide bonds. The fourth-order valence-electron chi connectivity index (χ4n) is 3.39. The predicted octanol–water partition coefficient (Wildman–Crippen LogP) is 4.95. The first-order valence-electron chi connectivity index (χ1n) is 10.9. The number of aliphatic hydroxyl groups is 1. The highest BCUT2D eigenvalue weighted by molar-refractivity contribution is 6.32. The van der Waals surface area contributed by atoms with Crippen molar-refractivity contribution < 1.29 is 27.9 Å². The van der Waals surface area contributed by atoms with Gasteiger partial charge in [0.15, 0.2) is 0 Å². The predicted molar refractivity (Wildman–Crippen MR) is 125 cm³/mol. The van der Waals surface area contributed by atoms with E-state index in [9.17, 15) is 18.0 Å². The lowest BCUT2D eigenvalue weighted by Crippen LogP contribution is -2.38. The Kier molecular flexibility index (Phi) is 8.71. The number of halogens is 4. The van der Waals surface area contributed by atoms with Gasteiger partial charge in [-0.3, -0.25) is 10.3 Å². The molecule has 0 saturated heterocycles. The van der Waals surface area contributed by atoms with Crippen LogP contribution in [0.1, 0.15) is 43.1 Å². The number of aliphatic hydroxyl groups excluding tert-OH is 1. The minimum absolute atomic E-state index is 0.0333. The molecule has 4 heterocycles. The molecule has 0 aromatic carbocycles. The van der Waals surface area contributed by atoms with Crippen molar-refractivity contribution in [3.8, 4) is 0 Å². The molecule has 0 saturated carbocycles. The van der Waals surface area contributed by atoms with E-state index in [4.69, 9.17) is 21.5 Å². The lowest BCUT2D eigenvalue weighted by molar-refractivity contribution is -0.137. The summed E-state index contributed by atoms with van der Waals surface area (Å²) in [7, 11) is 0. The number of hydroxylamine groups is 1. The summed E-state index contributed by atoms with van der Waals surface area (Å²) >= 11 is 6.44. The van der Waals surface area contributed by atoms with Gasteiger partial charge in [-0.25, -0.2) is 9.78 Å². The molecule has 4 rings (SSSR count). The van der Waals surface area contributed by atoms with E-state index < -0.39 is 17.8 Å². The van der Waals surface area contributed by atoms with E-state index >= 15 is 0 Å². The number of carbonyl (C=O) groups is 1. The van der Waals surface area contributed by atoms with Crippen molar-refractivity contribution >= 4 is 29.0 Å². The van der Waals surface area contributed by atoms with Crippen LogP contribution in [0.4, 0.5) is 23.8 Å². The zero-order chi connectivity index (χ0) is 25.6. The molecule has 35 heavy (non-hydrogen) atoms. The van der Waals surface area contributed by atoms with Crippen LogP contribution in [0.2, 0.25) is 5.02 Å². The van der Waals surface area contributed by atoms with Gasteiger partial charge >= 0.3 is 12.2 Å². The Labute approximate surface area is 205 Å². The first-order valence-corrected chi connectivity index (χ1v) is 11.3. The quantitative estimate of drug-likeness (QED) is 0.537. The molecule has 0 aliphatic carbocycles. The zero-order valence-electron chi connectivity index (χ0n) is 19.1. The van der Waals surface area contributed by atoms with Gasteiger partial charge in [0.1, 0.15) is 18.2 Å². The Hall–Kier alpha value is -3.15. The molecule has 0 radical (unpaired) electrons. The summed E-state index contributed by atoms with van der Waals surface area (Å²) in [5, 5.41) is 12.1. The number of amides is 2. The highest BCUT2D eigenvalue weighted by atomic mass is 35.5. The number of alkyl halides is 3. The minimum Gasteiger partial charge on any atom is -0.410 e. The van der Waals surface area contributed by atoms with E-state index in [0.717, 1.165) is 23.3 Å². The molecule has 8 nitrogen and oxygen atoms in total. The van der Waals surface area contributed by atoms with Crippen LogP contribution >= 0.6 is 11.6 Å². The van der Waals surface area contributed by atoms with Crippen molar-refractivity contribution in [2.24, 2.45) is 0 Å². The lowest BCUT2D eigenvalue weighted by atomic mass is 10.0. The lowest BCUT2D eigenvalue weighted by Gasteiger charge is -2.26. The highest BCUT2D eigenvalue weighted by Gasteiger charge is 2.31. The topological polar surface area (TPSA) is 99.6 Å². The number of aromatic nitrogens is 2. The number of nitrogens with one attached hydrogen (secondary N) is 2. The second-order valence-electron chi connectivity index (χ2n) is 7.37. The van der Waals surface area contributed by atoms with E-state index in [1.807, 2.05) is 19.9 Å². The number of rotatable bonds is 4. The third kappa shape index (κ3) is 6.50. The third-order valence-electron chi connectivity index (χ3n) is 5.17.